The molecule has 0 spiro atoms. The second kappa shape index (κ2) is 10.4. The molecule has 2 amide bonds. The Morgan fingerprint density at radius 3 is 2.34 bits per heavy atom. The first kappa shape index (κ1) is 27.9. The highest BCUT2D eigenvalue weighted by molar-refractivity contribution is 6.23. The Hall–Kier alpha value is -4.91. The number of fused-ring (bicyclic) bond motifs is 6. The zero-order valence-corrected chi connectivity index (χ0v) is 25.0. The number of rotatable bonds is 6. The number of Topliss-reactive ketones (excluding diaryl/α,β-unsaturated/α-hetero) is 1. The van der Waals surface area contributed by atoms with Gasteiger partial charge in [-0.2, -0.15) is 0 Å². The van der Waals surface area contributed by atoms with Crippen LogP contribution in [0, 0.1) is 37.5 Å². The summed E-state index contributed by atoms with van der Waals surface area (Å²) in [6.07, 6.45) is 2.08. The van der Waals surface area contributed by atoms with E-state index < -0.39 is 12.1 Å². The lowest BCUT2D eigenvalue weighted by Gasteiger charge is -2.19. The molecular formula is C37H32N2O5. The Morgan fingerprint density at radius 2 is 1.61 bits per heavy atom. The first-order chi connectivity index (χ1) is 21.1. The zero-order chi connectivity index (χ0) is 30.9. The summed E-state index contributed by atoms with van der Waals surface area (Å²) in [6, 6.07) is 21.6. The molecule has 1 saturated carbocycles. The Kier molecular flexibility index (Phi) is 6.57. The van der Waals surface area contributed by atoms with Crippen LogP contribution >= 0.6 is 0 Å². The highest BCUT2D eigenvalue weighted by Gasteiger charge is 2.60. The third-order valence-electron chi connectivity index (χ3n) is 9.55. The van der Waals surface area contributed by atoms with E-state index in [-0.39, 0.29) is 41.3 Å². The average molecular weight is 585 g/mol. The van der Waals surface area contributed by atoms with Crippen molar-refractivity contribution >= 4 is 40.2 Å². The zero-order valence-electron chi connectivity index (χ0n) is 25.0. The van der Waals surface area contributed by atoms with E-state index in [9.17, 15) is 19.2 Å². The van der Waals surface area contributed by atoms with E-state index in [1.165, 1.54) is 10.5 Å². The molecule has 0 N–H and O–H groups in total. The fraction of sp³-hybridized carbons (Fsp3) is 0.270. The van der Waals surface area contributed by atoms with Crippen molar-refractivity contribution in [3.05, 3.63) is 107 Å². The summed E-state index contributed by atoms with van der Waals surface area (Å²) >= 11 is 0. The van der Waals surface area contributed by atoms with Gasteiger partial charge in [0, 0.05) is 16.5 Å². The van der Waals surface area contributed by atoms with Gasteiger partial charge in [0.25, 0.3) is 0 Å². The van der Waals surface area contributed by atoms with Gasteiger partial charge in [0.05, 0.1) is 34.3 Å². The van der Waals surface area contributed by atoms with Crippen LogP contribution < -0.4 is 4.90 Å². The maximum atomic E-state index is 13.5. The third kappa shape index (κ3) is 4.37. The number of anilines is 1. The molecule has 0 radical (unpaired) electrons. The highest BCUT2D eigenvalue weighted by Crippen LogP contribution is 2.56. The van der Waals surface area contributed by atoms with E-state index in [2.05, 4.69) is 13.0 Å². The first-order valence-corrected chi connectivity index (χ1v) is 15.0. The second-order valence-corrected chi connectivity index (χ2v) is 12.3. The number of carbonyl (C=O) groups excluding carboxylic acids is 4. The summed E-state index contributed by atoms with van der Waals surface area (Å²) in [7, 11) is 0. The molecule has 1 aliphatic heterocycles. The molecule has 2 fully saturated rings. The lowest BCUT2D eigenvalue weighted by molar-refractivity contribution is -0.123. The number of hydrogen-bond acceptors (Lipinski definition) is 6. The lowest BCUT2D eigenvalue weighted by atomic mass is 9.82. The van der Waals surface area contributed by atoms with Crippen LogP contribution in [0.25, 0.3) is 22.2 Å². The van der Waals surface area contributed by atoms with Gasteiger partial charge in [-0.25, -0.2) is 9.78 Å². The largest absolute Gasteiger partial charge is 0.451 e. The molecule has 2 bridgehead atoms. The van der Waals surface area contributed by atoms with Gasteiger partial charge in [-0.1, -0.05) is 71.8 Å². The SMILES string of the molecule is CC1=CC2CC1C1C(=O)N(c3ccc(-c4cc(C(=O)OC(C)C(=O)c5ccc(C)cc5)c5cccc(C)c5n4)cc3)C(=O)C21. The second-order valence-electron chi connectivity index (χ2n) is 12.3. The minimum atomic E-state index is -0.981. The van der Waals surface area contributed by atoms with Gasteiger partial charge in [-0.05, 0) is 69.7 Å². The van der Waals surface area contributed by atoms with Gasteiger partial charge in [0.15, 0.2) is 6.10 Å². The molecule has 4 aromatic rings. The number of imide groups is 1. The maximum absolute atomic E-state index is 13.5. The van der Waals surface area contributed by atoms with Crippen LogP contribution in [0.3, 0.4) is 0 Å². The Bertz CT molecular complexity index is 1910. The molecule has 1 saturated heterocycles. The molecule has 2 aliphatic carbocycles. The third-order valence-corrected chi connectivity index (χ3v) is 9.55. The number of esters is 1. The van der Waals surface area contributed by atoms with Crippen molar-refractivity contribution in [2.24, 2.45) is 23.7 Å². The number of aromatic nitrogens is 1. The molecule has 5 atom stereocenters. The van der Waals surface area contributed by atoms with Gasteiger partial charge in [-0.3, -0.25) is 19.3 Å². The number of pyridine rings is 1. The van der Waals surface area contributed by atoms with E-state index in [0.29, 0.717) is 39.0 Å². The topological polar surface area (TPSA) is 93.6 Å². The maximum Gasteiger partial charge on any atom is 0.339 e. The predicted molar refractivity (Wildman–Crippen MR) is 167 cm³/mol. The molecule has 7 rings (SSSR count). The van der Waals surface area contributed by atoms with Crippen molar-refractivity contribution in [1.29, 1.82) is 0 Å². The van der Waals surface area contributed by atoms with Gasteiger partial charge in [-0.15, -0.1) is 0 Å². The van der Waals surface area contributed by atoms with E-state index in [0.717, 1.165) is 17.5 Å². The number of para-hydroxylation sites is 1. The molecule has 7 heteroatoms. The van der Waals surface area contributed by atoms with E-state index in [1.54, 1.807) is 37.3 Å². The van der Waals surface area contributed by atoms with Gasteiger partial charge < -0.3 is 4.74 Å². The van der Waals surface area contributed by atoms with E-state index >= 15 is 0 Å². The highest BCUT2D eigenvalue weighted by atomic mass is 16.5. The molecule has 2 heterocycles. The average Bonchev–Trinajstić information content (AvgIpc) is 3.66. The Balaban J connectivity index is 1.18. The summed E-state index contributed by atoms with van der Waals surface area (Å²) < 4.78 is 5.70. The van der Waals surface area contributed by atoms with Crippen LogP contribution in [0.15, 0.2) is 84.4 Å². The van der Waals surface area contributed by atoms with Crippen molar-refractivity contribution in [1.82, 2.24) is 4.98 Å². The van der Waals surface area contributed by atoms with Crippen molar-refractivity contribution in [2.45, 2.75) is 40.2 Å². The molecule has 220 valence electrons. The summed E-state index contributed by atoms with van der Waals surface area (Å²) in [5.41, 5.74) is 6.36. The van der Waals surface area contributed by atoms with E-state index in [1.807, 2.05) is 56.3 Å². The van der Waals surface area contributed by atoms with Gasteiger partial charge >= 0.3 is 5.97 Å². The lowest BCUT2D eigenvalue weighted by Crippen LogP contribution is -2.32. The number of hydrogen-bond donors (Lipinski definition) is 0. The number of ketones is 1. The number of nitrogens with zero attached hydrogens (tertiary/aromatic N) is 2. The molecule has 5 unspecified atom stereocenters. The number of allylic oxidation sites excluding steroid dienone is 2. The predicted octanol–water partition coefficient (Wildman–Crippen LogP) is 6.65. The number of aryl methyl sites for hydroxylation is 2. The van der Waals surface area contributed by atoms with Crippen molar-refractivity contribution in [3.8, 4) is 11.3 Å². The van der Waals surface area contributed by atoms with Crippen molar-refractivity contribution < 1.29 is 23.9 Å². The minimum absolute atomic E-state index is 0.119. The van der Waals surface area contributed by atoms with Gasteiger partial charge in [0.1, 0.15) is 0 Å². The summed E-state index contributed by atoms with van der Waals surface area (Å²) in [5.74, 6) is -1.38. The monoisotopic (exact) mass is 584 g/mol. The minimum Gasteiger partial charge on any atom is -0.451 e. The number of carbonyl (C=O) groups is 4. The number of benzene rings is 3. The normalized spacial score (nSPS) is 22.7. The van der Waals surface area contributed by atoms with Gasteiger partial charge in [0.2, 0.25) is 17.6 Å². The number of ether oxygens (including phenoxy) is 1. The molecule has 3 aliphatic rings. The Labute approximate surface area is 255 Å². The quantitative estimate of drug-likeness (QED) is 0.109. The van der Waals surface area contributed by atoms with Crippen LogP contribution in [0.1, 0.15) is 52.1 Å². The molecular weight excluding hydrogens is 552 g/mol. The van der Waals surface area contributed by atoms with Crippen LogP contribution in [0.5, 0.6) is 0 Å². The van der Waals surface area contributed by atoms with Crippen LogP contribution in [-0.4, -0.2) is 34.7 Å². The van der Waals surface area contributed by atoms with Crippen molar-refractivity contribution in [2.75, 3.05) is 4.90 Å². The fourth-order valence-electron chi connectivity index (χ4n) is 7.25. The first-order valence-electron chi connectivity index (χ1n) is 15.0. The summed E-state index contributed by atoms with van der Waals surface area (Å²) in [5, 5.41) is 0.628. The summed E-state index contributed by atoms with van der Waals surface area (Å²) in [6.45, 7) is 7.50. The molecule has 7 nitrogen and oxygen atoms in total. The standard InChI is InChI=1S/C37H32N2O5/c1-19-8-10-24(11-9-19)34(40)22(4)44-37(43)29-18-30(38-33-20(2)6-5-7-27(29)33)23-12-14-26(15-13-23)39-35(41)31-25-16-21(3)28(17-25)32(31)36(39)42/h5-16,18,22,25,28,31-32H,17H2,1-4H3. The van der Waals surface area contributed by atoms with Crippen LogP contribution in [0.2, 0.25) is 0 Å². The van der Waals surface area contributed by atoms with Crippen LogP contribution in [-0.2, 0) is 14.3 Å². The molecule has 1 aromatic heterocycles. The molecule has 44 heavy (non-hydrogen) atoms. The smallest absolute Gasteiger partial charge is 0.339 e. The summed E-state index contributed by atoms with van der Waals surface area (Å²) in [4.78, 5) is 59.6. The fourth-order valence-corrected chi connectivity index (χ4v) is 7.25. The van der Waals surface area contributed by atoms with Crippen LogP contribution in [0.4, 0.5) is 5.69 Å². The molecule has 3 aromatic carbocycles. The Morgan fingerprint density at radius 1 is 0.909 bits per heavy atom. The number of amides is 2. The van der Waals surface area contributed by atoms with Crippen molar-refractivity contribution in [3.63, 3.8) is 0 Å². The van der Waals surface area contributed by atoms with E-state index in [4.69, 9.17) is 9.72 Å².